The minimum Gasteiger partial charge on any atom is -0.444 e. The van der Waals surface area contributed by atoms with Crippen molar-refractivity contribution in [3.05, 3.63) is 53.3 Å². The number of alkyl halides is 1. The first-order valence-corrected chi connectivity index (χ1v) is 15.4. The number of carbonyl (C=O) groups excluding carboxylic acids is 2. The Morgan fingerprint density at radius 3 is 2.44 bits per heavy atom. The lowest BCUT2D eigenvalue weighted by Crippen LogP contribution is -2.59. The molecule has 0 unspecified atom stereocenters. The third-order valence-corrected chi connectivity index (χ3v) is 9.14. The van der Waals surface area contributed by atoms with E-state index in [9.17, 15) is 31.2 Å². The molecule has 0 radical (unpaired) electrons. The second kappa shape index (κ2) is 12.3. The van der Waals surface area contributed by atoms with Crippen molar-refractivity contribution in [2.45, 2.75) is 88.9 Å². The normalized spacial score (nSPS) is 20.0. The molecule has 0 spiro atoms. The fourth-order valence-corrected chi connectivity index (χ4v) is 6.35. The Morgan fingerprint density at radius 1 is 1.12 bits per heavy atom. The van der Waals surface area contributed by atoms with Crippen LogP contribution in [0.1, 0.15) is 65.4 Å². The number of rotatable bonds is 9. The predicted molar refractivity (Wildman–Crippen MR) is 147 cm³/mol. The van der Waals surface area contributed by atoms with E-state index in [1.54, 1.807) is 20.8 Å². The zero-order valence-corrected chi connectivity index (χ0v) is 25.0. The molecule has 43 heavy (non-hydrogen) atoms. The van der Waals surface area contributed by atoms with Gasteiger partial charge in [0.2, 0.25) is 20.8 Å². The van der Waals surface area contributed by atoms with Gasteiger partial charge in [-0.2, -0.15) is 0 Å². The van der Waals surface area contributed by atoms with E-state index in [1.807, 2.05) is 0 Å². The van der Waals surface area contributed by atoms with Crippen molar-refractivity contribution in [3.8, 4) is 16.9 Å². The highest BCUT2D eigenvalue weighted by Gasteiger charge is 2.57. The number of nitrogens with one attached hydrogen (secondary N) is 1. The summed E-state index contributed by atoms with van der Waals surface area (Å²) in [5, 5.41) is -2.41. The molecular weight excluding hydrogens is 596 g/mol. The fraction of sp³-hybridized carbons (Fsp3) is 0.517. The summed E-state index contributed by atoms with van der Waals surface area (Å²) >= 11 is 0. The van der Waals surface area contributed by atoms with Crippen LogP contribution < -0.4 is 9.61 Å². The molecule has 1 saturated heterocycles. The predicted octanol–water partition coefficient (Wildman–Crippen LogP) is 5.71. The van der Waals surface area contributed by atoms with Gasteiger partial charge in [-0.05, 0) is 51.7 Å². The van der Waals surface area contributed by atoms with Gasteiger partial charge in [0.15, 0.2) is 5.82 Å². The molecule has 1 amide bonds. The van der Waals surface area contributed by atoms with Gasteiger partial charge in [-0.3, -0.25) is 9.78 Å². The van der Waals surface area contributed by atoms with E-state index in [4.69, 9.17) is 9.62 Å². The Bertz CT molecular complexity index is 1490. The van der Waals surface area contributed by atoms with Crippen molar-refractivity contribution in [2.24, 2.45) is 0 Å². The first-order chi connectivity index (χ1) is 20.0. The number of carbonyl (C=O) groups is 2. The maximum absolute atomic E-state index is 16.1. The van der Waals surface area contributed by atoms with Gasteiger partial charge in [0.25, 0.3) is 0 Å². The average Bonchev–Trinajstić information content (AvgIpc) is 3.67. The molecule has 4 rings (SSSR count). The van der Waals surface area contributed by atoms with Gasteiger partial charge in [-0.25, -0.2) is 40.3 Å². The number of benzene rings is 2. The fourth-order valence-electron chi connectivity index (χ4n) is 4.83. The summed E-state index contributed by atoms with van der Waals surface area (Å²) < 4.78 is 93.3. The smallest absolute Gasteiger partial charge is 0.410 e. The molecule has 1 aliphatic carbocycles. The summed E-state index contributed by atoms with van der Waals surface area (Å²) in [5.41, 5.74) is -1.63. The first-order valence-electron chi connectivity index (χ1n) is 13.9. The molecule has 2 aliphatic rings. The van der Waals surface area contributed by atoms with E-state index in [1.165, 1.54) is 30.0 Å². The molecule has 0 bridgehead atoms. The molecule has 236 valence electrons. The minimum atomic E-state index is -4.42. The number of hydrogen-bond acceptors (Lipinski definition) is 7. The number of hydrogen-bond donors (Lipinski definition) is 1. The third kappa shape index (κ3) is 7.40. The van der Waals surface area contributed by atoms with Crippen molar-refractivity contribution in [1.82, 2.24) is 9.62 Å². The topological polar surface area (TPSA) is 111 Å². The van der Waals surface area contributed by atoms with Crippen LogP contribution in [0.25, 0.3) is 11.1 Å². The second-order valence-corrected chi connectivity index (χ2v) is 13.6. The number of piperidine rings is 1. The van der Waals surface area contributed by atoms with Crippen LogP contribution in [0.2, 0.25) is 0 Å². The molecule has 0 aromatic heterocycles. The van der Waals surface area contributed by atoms with E-state index in [-0.39, 0.29) is 49.8 Å². The zero-order valence-electron chi connectivity index (χ0n) is 24.2. The second-order valence-electron chi connectivity index (χ2n) is 11.6. The van der Waals surface area contributed by atoms with E-state index in [0.717, 1.165) is 6.07 Å². The molecule has 1 heterocycles. The molecule has 14 heteroatoms. The maximum atomic E-state index is 16.1. The van der Waals surface area contributed by atoms with Crippen molar-refractivity contribution in [3.63, 3.8) is 0 Å². The Kier molecular flexibility index (Phi) is 9.31. The van der Waals surface area contributed by atoms with Crippen molar-refractivity contribution >= 4 is 22.1 Å². The van der Waals surface area contributed by atoms with Gasteiger partial charge < -0.3 is 9.64 Å². The highest BCUT2D eigenvalue weighted by atomic mass is 32.2. The molecule has 2 fully saturated rings. The van der Waals surface area contributed by atoms with Crippen LogP contribution in [-0.4, -0.2) is 54.6 Å². The van der Waals surface area contributed by atoms with Crippen molar-refractivity contribution < 1.29 is 50.1 Å². The van der Waals surface area contributed by atoms with Crippen LogP contribution in [0.15, 0.2) is 30.3 Å². The quantitative estimate of drug-likeness (QED) is 0.215. The SMILES string of the molecule is CCC(=O)OOc1c(F)cc(F)cc1-c1cccc(C[C@H]2[C@@H](NS(=O)(=O)C3(F)CC3)CCCN2C(=O)OC(C)(C)C)c1F. The summed E-state index contributed by atoms with van der Waals surface area (Å²) in [4.78, 5) is 35.5. The Labute approximate surface area is 247 Å². The van der Waals surface area contributed by atoms with Crippen LogP contribution >= 0.6 is 0 Å². The highest BCUT2D eigenvalue weighted by Crippen LogP contribution is 2.45. The van der Waals surface area contributed by atoms with E-state index in [0.29, 0.717) is 12.5 Å². The summed E-state index contributed by atoms with van der Waals surface area (Å²) in [6.45, 7) is 6.60. The highest BCUT2D eigenvalue weighted by molar-refractivity contribution is 7.91. The van der Waals surface area contributed by atoms with Crippen molar-refractivity contribution in [1.29, 1.82) is 0 Å². The van der Waals surface area contributed by atoms with Gasteiger partial charge in [0, 0.05) is 49.0 Å². The number of sulfonamides is 1. The first kappa shape index (κ1) is 32.5. The van der Waals surface area contributed by atoms with Crippen LogP contribution in [0.3, 0.4) is 0 Å². The number of halogens is 4. The van der Waals surface area contributed by atoms with Gasteiger partial charge >= 0.3 is 12.1 Å². The van der Waals surface area contributed by atoms with E-state index in [2.05, 4.69) is 9.61 Å². The Morgan fingerprint density at radius 2 is 1.81 bits per heavy atom. The van der Waals surface area contributed by atoms with Crippen LogP contribution in [0, 0.1) is 17.5 Å². The van der Waals surface area contributed by atoms with Gasteiger partial charge in [-0.15, -0.1) is 0 Å². The lowest BCUT2D eigenvalue weighted by molar-refractivity contribution is -0.214. The summed E-state index contributed by atoms with van der Waals surface area (Å²) in [5.74, 6) is -4.82. The molecule has 2 aromatic rings. The Hall–Kier alpha value is -3.39. The molecule has 1 N–H and O–H groups in total. The largest absolute Gasteiger partial charge is 0.444 e. The summed E-state index contributed by atoms with van der Waals surface area (Å²) in [6.07, 6.45) is -0.847. The van der Waals surface area contributed by atoms with Crippen LogP contribution in [0.4, 0.5) is 22.4 Å². The number of nitrogens with zero attached hydrogens (tertiary/aromatic N) is 1. The van der Waals surface area contributed by atoms with Gasteiger partial charge in [0.1, 0.15) is 17.2 Å². The van der Waals surface area contributed by atoms with Crippen LogP contribution in [-0.2, 0) is 30.9 Å². The molecule has 2 atom stereocenters. The zero-order chi connectivity index (χ0) is 31.7. The van der Waals surface area contributed by atoms with Gasteiger partial charge in [-0.1, -0.05) is 25.1 Å². The van der Waals surface area contributed by atoms with E-state index >= 15 is 4.39 Å². The van der Waals surface area contributed by atoms with Crippen molar-refractivity contribution in [2.75, 3.05) is 6.54 Å². The number of amides is 1. The third-order valence-electron chi connectivity index (χ3n) is 7.15. The molecule has 2 aromatic carbocycles. The lowest BCUT2D eigenvalue weighted by atomic mass is 9.90. The minimum absolute atomic E-state index is 0.0373. The molecule has 1 aliphatic heterocycles. The lowest BCUT2D eigenvalue weighted by Gasteiger charge is -2.42. The Balaban J connectivity index is 1.73. The molecule has 1 saturated carbocycles. The molecule has 9 nitrogen and oxygen atoms in total. The standard InChI is InChI=1S/C29H34F4N2O7S/c1-5-24(36)41-42-26-20(15-18(30)16-21(26)31)19-9-6-8-17(25(19)32)14-23-22(34-43(38,39)29(33)11-12-29)10-7-13-35(23)27(37)40-28(2,3)4/h6,8-9,15-16,22-23,34H,5,7,10-14H2,1-4H3/t22-,23-/m0/s1. The van der Waals surface area contributed by atoms with Gasteiger partial charge in [0.05, 0.1) is 6.04 Å². The monoisotopic (exact) mass is 630 g/mol. The summed E-state index contributed by atoms with van der Waals surface area (Å²) in [7, 11) is -4.42. The van der Waals surface area contributed by atoms with E-state index < -0.39 is 73.5 Å². The number of likely N-dealkylation sites (tertiary alicyclic amines) is 1. The maximum Gasteiger partial charge on any atom is 0.410 e. The summed E-state index contributed by atoms with van der Waals surface area (Å²) in [6, 6.07) is 3.30. The van der Waals surface area contributed by atoms with Crippen LogP contribution in [0.5, 0.6) is 5.75 Å². The average molecular weight is 631 g/mol. The number of ether oxygens (including phenoxy) is 1. The molecular formula is C29H34F4N2O7S.